The van der Waals surface area contributed by atoms with Gasteiger partial charge in [0.1, 0.15) is 0 Å². The number of halogens is 1. The van der Waals surface area contributed by atoms with E-state index in [9.17, 15) is 9.59 Å². The van der Waals surface area contributed by atoms with Gasteiger partial charge in [-0.05, 0) is 48.9 Å². The average Bonchev–Trinajstić information content (AvgIpc) is 3.08. The van der Waals surface area contributed by atoms with Crippen molar-refractivity contribution in [3.05, 3.63) is 57.2 Å². The van der Waals surface area contributed by atoms with Crippen LogP contribution < -0.4 is 5.32 Å². The van der Waals surface area contributed by atoms with Gasteiger partial charge in [0.2, 0.25) is 0 Å². The molecule has 0 radical (unpaired) electrons. The summed E-state index contributed by atoms with van der Waals surface area (Å²) in [5, 5.41) is 5.44. The number of hydrogen-bond donors (Lipinski definition) is 1. The highest BCUT2D eigenvalue weighted by molar-refractivity contribution is 7.10. The van der Waals surface area contributed by atoms with Gasteiger partial charge in [-0.15, -0.1) is 11.3 Å². The van der Waals surface area contributed by atoms with Crippen LogP contribution in [0.15, 0.2) is 41.8 Å². The molecule has 1 aliphatic carbocycles. The maximum atomic E-state index is 12.6. The Kier molecular flexibility index (Phi) is 5.45. The molecule has 2 aromatic rings. The van der Waals surface area contributed by atoms with Gasteiger partial charge in [-0.2, -0.15) is 0 Å². The van der Waals surface area contributed by atoms with Crippen LogP contribution in [0.1, 0.15) is 42.7 Å². The number of carbonyl (C=O) groups excluding carboxylic acids is 2. The van der Waals surface area contributed by atoms with Crippen LogP contribution >= 0.6 is 22.9 Å². The van der Waals surface area contributed by atoms with E-state index >= 15 is 0 Å². The van der Waals surface area contributed by atoms with Crippen LogP contribution in [0, 0.1) is 0 Å². The van der Waals surface area contributed by atoms with E-state index in [4.69, 9.17) is 16.3 Å². The number of ether oxygens (including phenoxy) is 1. The Morgan fingerprint density at radius 1 is 1.28 bits per heavy atom. The first kappa shape index (κ1) is 18.0. The van der Waals surface area contributed by atoms with Crippen LogP contribution in [0.25, 0.3) is 0 Å². The third-order valence-corrected chi connectivity index (χ3v) is 5.98. The van der Waals surface area contributed by atoms with Gasteiger partial charge < -0.3 is 10.1 Å². The first-order chi connectivity index (χ1) is 12.0. The number of benzene rings is 1. The quantitative estimate of drug-likeness (QED) is 0.766. The first-order valence-electron chi connectivity index (χ1n) is 8.27. The van der Waals surface area contributed by atoms with E-state index in [0.29, 0.717) is 5.02 Å². The third kappa shape index (κ3) is 3.88. The highest BCUT2D eigenvalue weighted by atomic mass is 35.5. The monoisotopic (exact) mass is 377 g/mol. The Hall–Kier alpha value is -1.85. The number of esters is 1. The molecule has 0 saturated heterocycles. The number of nitrogens with one attached hydrogen (secondary N) is 1. The zero-order chi connectivity index (χ0) is 17.9. The second-order valence-electron chi connectivity index (χ2n) is 6.32. The van der Waals surface area contributed by atoms with Crippen molar-refractivity contribution in [3.63, 3.8) is 0 Å². The second-order valence-corrected chi connectivity index (χ2v) is 7.74. The number of rotatable bonds is 6. The molecule has 1 aromatic heterocycles. The molecule has 1 atom stereocenters. The van der Waals surface area contributed by atoms with Gasteiger partial charge in [0.25, 0.3) is 5.91 Å². The first-order valence-corrected chi connectivity index (χ1v) is 9.53. The summed E-state index contributed by atoms with van der Waals surface area (Å²) in [4.78, 5) is 25.8. The molecular formula is C19H20ClNO3S. The highest BCUT2D eigenvalue weighted by Gasteiger charge is 2.47. The van der Waals surface area contributed by atoms with Crippen molar-refractivity contribution in [3.8, 4) is 0 Å². The van der Waals surface area contributed by atoms with E-state index in [2.05, 4.69) is 5.32 Å². The van der Waals surface area contributed by atoms with Crippen LogP contribution in [0.3, 0.4) is 0 Å². The minimum Gasteiger partial charge on any atom is -0.455 e. The molecule has 0 aliphatic heterocycles. The van der Waals surface area contributed by atoms with E-state index in [1.165, 1.54) is 0 Å². The molecule has 1 heterocycles. The van der Waals surface area contributed by atoms with E-state index in [1.807, 2.05) is 36.6 Å². The zero-order valence-electron chi connectivity index (χ0n) is 14.0. The smallest absolute Gasteiger partial charge is 0.317 e. The molecule has 0 spiro atoms. The van der Waals surface area contributed by atoms with Crippen LogP contribution in [0.4, 0.5) is 0 Å². The minimum atomic E-state index is -0.635. The summed E-state index contributed by atoms with van der Waals surface area (Å²) in [6.07, 6.45) is 2.45. The maximum absolute atomic E-state index is 12.6. The second kappa shape index (κ2) is 7.58. The number of hydrogen-bond acceptors (Lipinski definition) is 4. The molecule has 3 rings (SSSR count). The van der Waals surface area contributed by atoms with Crippen molar-refractivity contribution in [1.29, 1.82) is 0 Å². The van der Waals surface area contributed by atoms with Crippen molar-refractivity contribution < 1.29 is 14.3 Å². The Bertz CT molecular complexity index is 739. The van der Waals surface area contributed by atoms with Crippen molar-refractivity contribution in [2.75, 3.05) is 6.61 Å². The summed E-state index contributed by atoms with van der Waals surface area (Å²) in [5.74, 6) is -0.625. The summed E-state index contributed by atoms with van der Waals surface area (Å²) < 4.78 is 5.33. The lowest BCUT2D eigenvalue weighted by Crippen LogP contribution is -2.45. The van der Waals surface area contributed by atoms with Gasteiger partial charge in [0.15, 0.2) is 6.61 Å². The van der Waals surface area contributed by atoms with Crippen molar-refractivity contribution in [2.24, 2.45) is 0 Å². The van der Waals surface area contributed by atoms with Crippen molar-refractivity contribution >= 4 is 34.8 Å². The predicted octanol–water partition coefficient (Wildman–Crippen LogP) is 4.24. The average molecular weight is 378 g/mol. The summed E-state index contributed by atoms with van der Waals surface area (Å²) >= 11 is 7.51. The van der Waals surface area contributed by atoms with Gasteiger partial charge >= 0.3 is 5.97 Å². The lowest BCUT2D eigenvalue weighted by molar-refractivity contribution is -0.157. The molecule has 132 valence electrons. The molecule has 4 nitrogen and oxygen atoms in total. The lowest BCUT2D eigenvalue weighted by Gasteiger charge is -2.39. The van der Waals surface area contributed by atoms with E-state index < -0.39 is 5.41 Å². The molecule has 1 unspecified atom stereocenters. The standard InChI is InChI=1S/C19H20ClNO3S/c1-13(16-4-2-11-25-16)21-17(22)12-24-18(23)19(9-3-10-19)14-5-7-15(20)8-6-14/h2,4-8,11,13H,3,9-10,12H2,1H3,(H,21,22). The maximum Gasteiger partial charge on any atom is 0.317 e. The van der Waals surface area contributed by atoms with Gasteiger partial charge in [0.05, 0.1) is 11.5 Å². The Balaban J connectivity index is 1.57. The summed E-state index contributed by atoms with van der Waals surface area (Å²) in [7, 11) is 0. The Morgan fingerprint density at radius 3 is 2.56 bits per heavy atom. The minimum absolute atomic E-state index is 0.0971. The van der Waals surface area contributed by atoms with Crippen LogP contribution in [-0.2, 0) is 19.7 Å². The van der Waals surface area contributed by atoms with Crippen molar-refractivity contribution in [2.45, 2.75) is 37.6 Å². The molecule has 0 bridgehead atoms. The van der Waals surface area contributed by atoms with E-state index in [-0.39, 0.29) is 24.5 Å². The number of amides is 1. The van der Waals surface area contributed by atoms with Gasteiger partial charge in [-0.3, -0.25) is 9.59 Å². The van der Waals surface area contributed by atoms with Crippen LogP contribution in [-0.4, -0.2) is 18.5 Å². The van der Waals surface area contributed by atoms with Crippen molar-refractivity contribution in [1.82, 2.24) is 5.32 Å². The Labute approximate surface area is 156 Å². The molecule has 1 fully saturated rings. The van der Waals surface area contributed by atoms with Gasteiger partial charge in [-0.1, -0.05) is 36.2 Å². The lowest BCUT2D eigenvalue weighted by atomic mass is 9.64. The summed E-state index contributed by atoms with van der Waals surface area (Å²) in [6, 6.07) is 11.1. The Morgan fingerprint density at radius 2 is 2.00 bits per heavy atom. The summed E-state index contributed by atoms with van der Waals surface area (Å²) in [6.45, 7) is 1.65. The third-order valence-electron chi connectivity index (χ3n) is 4.68. The van der Waals surface area contributed by atoms with E-state index in [1.54, 1.807) is 23.5 Å². The van der Waals surface area contributed by atoms with Crippen LogP contribution in [0.2, 0.25) is 5.02 Å². The number of carbonyl (C=O) groups is 2. The van der Waals surface area contributed by atoms with Gasteiger partial charge in [-0.25, -0.2) is 0 Å². The SMILES string of the molecule is CC(NC(=O)COC(=O)C1(c2ccc(Cl)cc2)CCC1)c1cccs1. The zero-order valence-corrected chi connectivity index (χ0v) is 15.5. The largest absolute Gasteiger partial charge is 0.455 e. The summed E-state index contributed by atoms with van der Waals surface area (Å²) in [5.41, 5.74) is 0.269. The predicted molar refractivity (Wildman–Crippen MR) is 98.8 cm³/mol. The van der Waals surface area contributed by atoms with Gasteiger partial charge in [0, 0.05) is 9.90 Å². The molecule has 1 N–H and O–H groups in total. The molecule has 1 amide bonds. The van der Waals surface area contributed by atoms with E-state index in [0.717, 1.165) is 29.7 Å². The molecule has 1 saturated carbocycles. The topological polar surface area (TPSA) is 55.4 Å². The molecule has 25 heavy (non-hydrogen) atoms. The molecule has 1 aliphatic rings. The number of thiophene rings is 1. The molecular weight excluding hydrogens is 358 g/mol. The fourth-order valence-electron chi connectivity index (χ4n) is 3.07. The normalized spacial score (nSPS) is 16.6. The molecule has 1 aromatic carbocycles. The highest BCUT2D eigenvalue weighted by Crippen LogP contribution is 2.45. The fraction of sp³-hybridized carbons (Fsp3) is 0.368. The fourth-order valence-corrected chi connectivity index (χ4v) is 3.93. The van der Waals surface area contributed by atoms with Crippen LogP contribution in [0.5, 0.6) is 0 Å². The molecule has 6 heteroatoms.